The van der Waals surface area contributed by atoms with E-state index in [2.05, 4.69) is 6.92 Å². The Hall–Kier alpha value is -4.34. The summed E-state index contributed by atoms with van der Waals surface area (Å²) in [5.74, 6) is -2.58. The van der Waals surface area contributed by atoms with Gasteiger partial charge in [-0.2, -0.15) is 13.2 Å². The second-order valence-electron chi connectivity index (χ2n) is 8.72. The third kappa shape index (κ3) is 5.96. The second-order valence-corrected chi connectivity index (χ2v) is 8.72. The third-order valence-electron chi connectivity index (χ3n) is 5.97. The largest absolute Gasteiger partial charge is 0.506 e. The van der Waals surface area contributed by atoms with Gasteiger partial charge >= 0.3 is 18.1 Å². The third-order valence-corrected chi connectivity index (χ3v) is 5.97. The standard InChI is InChI=1S/C26H26N2O3.C2HF3O2/c1-4-5-10-23-27-24-16(2)11-14-22(29)25(24)28(23)18-12-13-19(17(3)15-18)20-8-6-7-9-21(20)26(30)31;3-2(4,5)1(6)7/h6-9,11-15,29H,4-5,10H2,1-3H3,(H,30,31);(H,6,7). The van der Waals surface area contributed by atoms with E-state index in [9.17, 15) is 28.2 Å². The van der Waals surface area contributed by atoms with Gasteiger partial charge in [0, 0.05) is 12.1 Å². The molecule has 0 bridgehead atoms. The predicted octanol–water partition coefficient (Wildman–Crippen LogP) is 6.69. The Balaban J connectivity index is 0.000000505. The fourth-order valence-electron chi connectivity index (χ4n) is 4.11. The van der Waals surface area contributed by atoms with Crippen LogP contribution in [0.3, 0.4) is 0 Å². The van der Waals surface area contributed by atoms with E-state index in [1.54, 1.807) is 18.2 Å². The number of carbonyl (C=O) groups is 2. The lowest BCUT2D eigenvalue weighted by atomic mass is 9.95. The number of hydrogen-bond donors (Lipinski definition) is 3. The number of alkyl halides is 3. The molecule has 0 aliphatic heterocycles. The molecule has 10 heteroatoms. The van der Waals surface area contributed by atoms with Crippen LogP contribution in [-0.4, -0.2) is 43.0 Å². The summed E-state index contributed by atoms with van der Waals surface area (Å²) < 4.78 is 33.8. The van der Waals surface area contributed by atoms with E-state index in [-0.39, 0.29) is 11.3 Å². The van der Waals surface area contributed by atoms with E-state index >= 15 is 0 Å². The van der Waals surface area contributed by atoms with Crippen molar-refractivity contribution in [1.82, 2.24) is 9.55 Å². The topological polar surface area (TPSA) is 113 Å². The molecule has 0 saturated carbocycles. The SMILES string of the molecule is CCCCc1nc2c(C)ccc(O)c2n1-c1ccc(-c2ccccc2C(=O)O)c(C)c1.O=C(O)C(F)(F)F. The number of unbranched alkanes of at least 4 members (excludes halogenated alkanes) is 1. The summed E-state index contributed by atoms with van der Waals surface area (Å²) in [5, 5.41) is 27.4. The highest BCUT2D eigenvalue weighted by Crippen LogP contribution is 2.34. The number of benzene rings is 3. The molecule has 0 amide bonds. The number of hydrogen-bond acceptors (Lipinski definition) is 4. The lowest BCUT2D eigenvalue weighted by molar-refractivity contribution is -0.192. The Morgan fingerprint density at radius 2 is 1.61 bits per heavy atom. The minimum atomic E-state index is -5.08. The van der Waals surface area contributed by atoms with Crippen molar-refractivity contribution in [2.45, 2.75) is 46.2 Å². The molecule has 0 fully saturated rings. The number of imidazole rings is 1. The van der Waals surface area contributed by atoms with Crippen molar-refractivity contribution >= 4 is 23.0 Å². The molecule has 4 rings (SSSR count). The fourth-order valence-corrected chi connectivity index (χ4v) is 4.11. The fraction of sp³-hybridized carbons (Fsp3) is 0.250. The molecule has 1 aromatic heterocycles. The maximum Gasteiger partial charge on any atom is 0.490 e. The number of nitrogens with zero attached hydrogens (tertiary/aromatic N) is 2. The van der Waals surface area contributed by atoms with E-state index in [1.165, 1.54) is 0 Å². The van der Waals surface area contributed by atoms with Crippen LogP contribution in [0.25, 0.3) is 27.8 Å². The number of fused-ring (bicyclic) bond motifs is 1. The van der Waals surface area contributed by atoms with Gasteiger partial charge in [0.1, 0.15) is 17.1 Å². The van der Waals surface area contributed by atoms with Gasteiger partial charge in [-0.3, -0.25) is 4.57 Å². The Morgan fingerprint density at radius 3 is 2.18 bits per heavy atom. The zero-order chi connectivity index (χ0) is 28.2. The van der Waals surface area contributed by atoms with Crippen LogP contribution in [0, 0.1) is 13.8 Å². The molecule has 200 valence electrons. The first-order valence-corrected chi connectivity index (χ1v) is 11.8. The predicted molar refractivity (Wildman–Crippen MR) is 137 cm³/mol. The average molecular weight is 529 g/mol. The number of carboxylic acid groups (broad SMARTS) is 2. The van der Waals surface area contributed by atoms with Crippen molar-refractivity contribution < 1.29 is 38.1 Å². The normalized spacial score (nSPS) is 11.2. The van der Waals surface area contributed by atoms with E-state index < -0.39 is 18.1 Å². The molecule has 0 saturated heterocycles. The molecule has 0 unspecified atom stereocenters. The Bertz CT molecular complexity index is 1490. The molecule has 0 aliphatic rings. The van der Waals surface area contributed by atoms with E-state index in [0.29, 0.717) is 11.1 Å². The maximum absolute atomic E-state index is 11.7. The van der Waals surface area contributed by atoms with Gasteiger partial charge in [-0.15, -0.1) is 0 Å². The van der Waals surface area contributed by atoms with Gasteiger partial charge in [-0.1, -0.05) is 43.7 Å². The lowest BCUT2D eigenvalue weighted by Gasteiger charge is -2.14. The first kappa shape index (κ1) is 28.2. The van der Waals surface area contributed by atoms with Crippen molar-refractivity contribution in [2.24, 2.45) is 0 Å². The molecule has 1 heterocycles. The summed E-state index contributed by atoms with van der Waals surface area (Å²) in [4.78, 5) is 25.4. The van der Waals surface area contributed by atoms with Gasteiger partial charge in [0.25, 0.3) is 0 Å². The molecule has 38 heavy (non-hydrogen) atoms. The minimum Gasteiger partial charge on any atom is -0.506 e. The maximum atomic E-state index is 11.7. The number of aromatic nitrogens is 2. The van der Waals surface area contributed by atoms with Crippen LogP contribution in [0.5, 0.6) is 5.75 Å². The molecule has 7 nitrogen and oxygen atoms in total. The van der Waals surface area contributed by atoms with Crippen LogP contribution in [0.15, 0.2) is 54.6 Å². The Morgan fingerprint density at radius 1 is 0.947 bits per heavy atom. The number of halogens is 3. The number of aliphatic carboxylic acids is 1. The number of phenolic OH excluding ortho intramolecular Hbond substituents is 1. The van der Waals surface area contributed by atoms with Crippen LogP contribution < -0.4 is 0 Å². The minimum absolute atomic E-state index is 0.203. The van der Waals surface area contributed by atoms with Crippen molar-refractivity contribution in [3.63, 3.8) is 0 Å². The molecular formula is C28H27F3N2O5. The average Bonchev–Trinajstić information content (AvgIpc) is 3.25. The van der Waals surface area contributed by atoms with E-state index in [0.717, 1.165) is 53.0 Å². The first-order chi connectivity index (χ1) is 17.9. The zero-order valence-electron chi connectivity index (χ0n) is 21.0. The van der Waals surface area contributed by atoms with Gasteiger partial charge < -0.3 is 15.3 Å². The second kappa shape index (κ2) is 11.4. The highest BCUT2D eigenvalue weighted by atomic mass is 19.4. The van der Waals surface area contributed by atoms with Gasteiger partial charge in [-0.25, -0.2) is 14.6 Å². The van der Waals surface area contributed by atoms with Crippen LogP contribution in [0.4, 0.5) is 13.2 Å². The number of aromatic hydroxyl groups is 1. The van der Waals surface area contributed by atoms with Gasteiger partial charge in [-0.05, 0) is 66.8 Å². The highest BCUT2D eigenvalue weighted by Gasteiger charge is 2.38. The van der Waals surface area contributed by atoms with Crippen LogP contribution in [0.1, 0.15) is 47.1 Å². The van der Waals surface area contributed by atoms with E-state index in [4.69, 9.17) is 14.9 Å². The number of aromatic carboxylic acids is 1. The summed E-state index contributed by atoms with van der Waals surface area (Å²) in [6.07, 6.45) is -2.21. The van der Waals surface area contributed by atoms with Crippen molar-refractivity contribution in [2.75, 3.05) is 0 Å². The van der Waals surface area contributed by atoms with Crippen molar-refractivity contribution in [3.05, 3.63) is 77.1 Å². The summed E-state index contributed by atoms with van der Waals surface area (Å²) in [7, 11) is 0. The zero-order valence-corrected chi connectivity index (χ0v) is 21.0. The van der Waals surface area contributed by atoms with E-state index in [1.807, 2.05) is 54.8 Å². The molecule has 0 atom stereocenters. The molecule has 0 spiro atoms. The summed E-state index contributed by atoms with van der Waals surface area (Å²) in [6, 6.07) is 16.6. The summed E-state index contributed by atoms with van der Waals surface area (Å²) in [6.45, 7) is 6.13. The number of carboxylic acids is 2. The van der Waals surface area contributed by atoms with Gasteiger partial charge in [0.2, 0.25) is 0 Å². The van der Waals surface area contributed by atoms with Crippen LogP contribution in [0.2, 0.25) is 0 Å². The lowest BCUT2D eigenvalue weighted by Crippen LogP contribution is -2.21. The Kier molecular flexibility index (Phi) is 8.45. The van der Waals surface area contributed by atoms with Crippen LogP contribution in [-0.2, 0) is 11.2 Å². The van der Waals surface area contributed by atoms with Crippen molar-refractivity contribution in [3.8, 4) is 22.6 Å². The van der Waals surface area contributed by atoms with Crippen LogP contribution >= 0.6 is 0 Å². The van der Waals surface area contributed by atoms with Gasteiger partial charge in [0.15, 0.2) is 0 Å². The molecule has 0 radical (unpaired) electrons. The summed E-state index contributed by atoms with van der Waals surface area (Å²) >= 11 is 0. The molecule has 0 aliphatic carbocycles. The quantitative estimate of drug-likeness (QED) is 0.257. The first-order valence-electron chi connectivity index (χ1n) is 11.8. The summed E-state index contributed by atoms with van der Waals surface area (Å²) in [5.41, 5.74) is 6.26. The van der Waals surface area contributed by atoms with Crippen molar-refractivity contribution in [1.29, 1.82) is 0 Å². The molecule has 4 aromatic rings. The molecule has 3 aromatic carbocycles. The molecular weight excluding hydrogens is 501 g/mol. The smallest absolute Gasteiger partial charge is 0.490 e. The highest BCUT2D eigenvalue weighted by molar-refractivity contribution is 5.96. The Labute approximate surface area is 216 Å². The number of rotatable bonds is 6. The monoisotopic (exact) mass is 528 g/mol. The number of phenols is 1. The van der Waals surface area contributed by atoms with Gasteiger partial charge in [0.05, 0.1) is 11.1 Å². The molecule has 3 N–H and O–H groups in total. The number of aryl methyl sites for hydroxylation is 3.